The molecule has 1 aromatic carbocycles. The Morgan fingerprint density at radius 3 is 2.52 bits per heavy atom. The van der Waals surface area contributed by atoms with E-state index < -0.39 is 17.6 Å². The monoisotopic (exact) mass is 381 g/mol. The van der Waals surface area contributed by atoms with Gasteiger partial charge in [0.25, 0.3) is 5.91 Å². The number of alkyl halides is 3. The van der Waals surface area contributed by atoms with Crippen LogP contribution in [0.15, 0.2) is 53.9 Å². The zero-order valence-corrected chi connectivity index (χ0v) is 14.6. The first kappa shape index (κ1) is 17.7. The van der Waals surface area contributed by atoms with E-state index in [-0.39, 0.29) is 12.1 Å². The zero-order chi connectivity index (χ0) is 17.9. The van der Waals surface area contributed by atoms with Crippen LogP contribution in [0.5, 0.6) is 0 Å². The van der Waals surface area contributed by atoms with Gasteiger partial charge in [0.05, 0.1) is 11.1 Å². The smallest absolute Gasteiger partial charge is 0.352 e. The Morgan fingerprint density at radius 1 is 1.00 bits per heavy atom. The summed E-state index contributed by atoms with van der Waals surface area (Å²) in [5, 5.41) is 4.58. The second kappa shape index (κ2) is 7.41. The molecule has 0 aliphatic rings. The molecule has 0 atom stereocenters. The lowest BCUT2D eigenvalue weighted by Gasteiger charge is -2.12. The molecule has 0 radical (unpaired) electrons. The summed E-state index contributed by atoms with van der Waals surface area (Å²) in [7, 11) is 0. The zero-order valence-electron chi connectivity index (χ0n) is 13.0. The van der Waals surface area contributed by atoms with E-state index in [0.717, 1.165) is 15.8 Å². The van der Waals surface area contributed by atoms with Gasteiger partial charge in [-0.3, -0.25) is 4.79 Å². The van der Waals surface area contributed by atoms with Crippen molar-refractivity contribution in [2.45, 2.75) is 12.6 Å². The van der Waals surface area contributed by atoms with E-state index in [4.69, 9.17) is 0 Å². The molecule has 0 unspecified atom stereocenters. The van der Waals surface area contributed by atoms with Crippen LogP contribution in [0.25, 0.3) is 9.75 Å². The van der Waals surface area contributed by atoms with E-state index in [0.29, 0.717) is 6.42 Å². The number of hydrogen-bond donors (Lipinski definition) is 1. The number of rotatable bonds is 5. The molecule has 7 heteroatoms. The van der Waals surface area contributed by atoms with E-state index in [1.165, 1.54) is 23.1 Å². The fourth-order valence-electron chi connectivity index (χ4n) is 2.39. The van der Waals surface area contributed by atoms with Gasteiger partial charge in [0.1, 0.15) is 0 Å². The van der Waals surface area contributed by atoms with Crippen LogP contribution < -0.4 is 5.32 Å². The van der Waals surface area contributed by atoms with Crippen molar-refractivity contribution in [3.05, 3.63) is 69.9 Å². The van der Waals surface area contributed by atoms with Gasteiger partial charge in [-0.1, -0.05) is 18.2 Å². The molecular weight excluding hydrogens is 367 g/mol. The van der Waals surface area contributed by atoms with Crippen molar-refractivity contribution in [2.24, 2.45) is 0 Å². The summed E-state index contributed by atoms with van der Waals surface area (Å²) in [6, 6.07) is 12.8. The minimum atomic E-state index is -4.54. The van der Waals surface area contributed by atoms with Gasteiger partial charge in [-0.05, 0) is 42.1 Å². The molecule has 3 aromatic rings. The fraction of sp³-hybridized carbons (Fsp3) is 0.167. The van der Waals surface area contributed by atoms with Gasteiger partial charge in [-0.2, -0.15) is 13.2 Å². The largest absolute Gasteiger partial charge is 0.417 e. The molecule has 0 saturated heterocycles. The molecule has 1 N–H and O–H groups in total. The number of carbonyl (C=O) groups excluding carboxylic acids is 1. The van der Waals surface area contributed by atoms with E-state index >= 15 is 0 Å². The number of carbonyl (C=O) groups is 1. The predicted octanol–water partition coefficient (Wildman–Crippen LogP) is 5.47. The Balaban J connectivity index is 1.61. The molecule has 25 heavy (non-hydrogen) atoms. The molecule has 3 rings (SSSR count). The van der Waals surface area contributed by atoms with Crippen LogP contribution in [0, 0.1) is 0 Å². The topological polar surface area (TPSA) is 29.1 Å². The van der Waals surface area contributed by atoms with Crippen LogP contribution in [0.1, 0.15) is 20.8 Å². The number of nitrogens with one attached hydrogen (secondary N) is 1. The average molecular weight is 381 g/mol. The molecule has 2 aromatic heterocycles. The van der Waals surface area contributed by atoms with Crippen LogP contribution in [0.4, 0.5) is 13.2 Å². The molecule has 0 bridgehead atoms. The minimum absolute atomic E-state index is 0.287. The number of amides is 1. The molecule has 130 valence electrons. The summed E-state index contributed by atoms with van der Waals surface area (Å²) < 4.78 is 38.9. The van der Waals surface area contributed by atoms with Crippen LogP contribution in [0.2, 0.25) is 0 Å². The second-order valence-electron chi connectivity index (χ2n) is 5.29. The van der Waals surface area contributed by atoms with Crippen molar-refractivity contribution < 1.29 is 18.0 Å². The van der Waals surface area contributed by atoms with E-state index in [1.807, 2.05) is 29.6 Å². The lowest BCUT2D eigenvalue weighted by atomic mass is 10.1. The molecule has 0 saturated carbocycles. The Kier molecular flexibility index (Phi) is 5.24. The first-order valence-corrected chi connectivity index (χ1v) is 9.22. The number of benzene rings is 1. The van der Waals surface area contributed by atoms with E-state index in [2.05, 4.69) is 5.32 Å². The Morgan fingerprint density at radius 2 is 1.80 bits per heavy atom. The lowest BCUT2D eigenvalue weighted by Crippen LogP contribution is -2.27. The Hall–Kier alpha value is -2.12. The van der Waals surface area contributed by atoms with Crippen LogP contribution in [-0.2, 0) is 12.6 Å². The highest BCUT2D eigenvalue weighted by molar-refractivity contribution is 7.21. The number of hydrogen-bond acceptors (Lipinski definition) is 3. The van der Waals surface area contributed by atoms with Crippen molar-refractivity contribution in [2.75, 3.05) is 6.54 Å². The van der Waals surface area contributed by atoms with Gasteiger partial charge in [0.2, 0.25) is 0 Å². The van der Waals surface area contributed by atoms with Crippen molar-refractivity contribution in [3.63, 3.8) is 0 Å². The molecule has 0 aliphatic heterocycles. The van der Waals surface area contributed by atoms with Crippen molar-refractivity contribution in [1.29, 1.82) is 0 Å². The number of thiophene rings is 2. The maximum Gasteiger partial charge on any atom is 0.417 e. The molecule has 2 heterocycles. The highest BCUT2D eigenvalue weighted by Gasteiger charge is 2.34. The molecule has 0 aliphatic carbocycles. The molecular formula is C18H14F3NOS2. The van der Waals surface area contributed by atoms with Crippen LogP contribution in [-0.4, -0.2) is 12.5 Å². The SMILES string of the molecule is O=C(NCCc1ccc(-c2cccs2)s1)c1ccccc1C(F)(F)F. The summed E-state index contributed by atoms with van der Waals surface area (Å²) in [6.45, 7) is 0.287. The van der Waals surface area contributed by atoms with Gasteiger partial charge < -0.3 is 5.32 Å². The highest BCUT2D eigenvalue weighted by atomic mass is 32.1. The third-order valence-electron chi connectivity index (χ3n) is 3.56. The lowest BCUT2D eigenvalue weighted by molar-refractivity contribution is -0.137. The second-order valence-corrected chi connectivity index (χ2v) is 7.41. The van der Waals surface area contributed by atoms with Gasteiger partial charge in [0, 0.05) is 21.2 Å². The summed E-state index contributed by atoms with van der Waals surface area (Å²) in [5.41, 5.74) is -1.26. The van der Waals surface area contributed by atoms with Gasteiger partial charge in [-0.25, -0.2) is 0 Å². The summed E-state index contributed by atoms with van der Waals surface area (Å²) in [6.07, 6.45) is -3.97. The van der Waals surface area contributed by atoms with Crippen LogP contribution >= 0.6 is 22.7 Å². The van der Waals surface area contributed by atoms with Crippen molar-refractivity contribution >= 4 is 28.6 Å². The van der Waals surface area contributed by atoms with Gasteiger partial charge in [-0.15, -0.1) is 22.7 Å². The highest BCUT2D eigenvalue weighted by Crippen LogP contribution is 2.32. The van der Waals surface area contributed by atoms with E-state index in [1.54, 1.807) is 22.7 Å². The summed E-state index contributed by atoms with van der Waals surface area (Å²) in [4.78, 5) is 15.5. The number of halogens is 3. The van der Waals surface area contributed by atoms with E-state index in [9.17, 15) is 18.0 Å². The Labute approximate surface area is 150 Å². The normalized spacial score (nSPS) is 11.5. The third-order valence-corrected chi connectivity index (χ3v) is 5.77. The molecule has 1 amide bonds. The van der Waals surface area contributed by atoms with Gasteiger partial charge in [0.15, 0.2) is 0 Å². The molecule has 0 fully saturated rings. The quantitative estimate of drug-likeness (QED) is 0.624. The first-order chi connectivity index (χ1) is 11.9. The minimum Gasteiger partial charge on any atom is -0.352 e. The first-order valence-electron chi connectivity index (χ1n) is 7.52. The Bertz CT molecular complexity index is 853. The van der Waals surface area contributed by atoms with Crippen LogP contribution in [0.3, 0.4) is 0 Å². The van der Waals surface area contributed by atoms with Crippen molar-refractivity contribution in [3.8, 4) is 9.75 Å². The third kappa shape index (κ3) is 4.29. The van der Waals surface area contributed by atoms with Crippen molar-refractivity contribution in [1.82, 2.24) is 5.32 Å². The molecule has 2 nitrogen and oxygen atoms in total. The van der Waals surface area contributed by atoms with Gasteiger partial charge >= 0.3 is 6.18 Å². The average Bonchev–Trinajstić information content (AvgIpc) is 3.25. The summed E-state index contributed by atoms with van der Waals surface area (Å²) >= 11 is 3.28. The molecule has 0 spiro atoms. The maximum atomic E-state index is 13.0. The standard InChI is InChI=1S/C18H14F3NOS2/c19-18(20,21)14-5-2-1-4-13(14)17(23)22-10-9-12-7-8-16(25-12)15-6-3-11-24-15/h1-8,11H,9-10H2,(H,22,23). The summed E-state index contributed by atoms with van der Waals surface area (Å²) in [5.74, 6) is -0.706. The fourth-order valence-corrected chi connectivity index (χ4v) is 4.23. The maximum absolute atomic E-state index is 13.0. The predicted molar refractivity (Wildman–Crippen MR) is 95.1 cm³/mol.